The summed E-state index contributed by atoms with van der Waals surface area (Å²) in [6.45, 7) is 0. The number of hydrazone groups is 1. The third-order valence-corrected chi connectivity index (χ3v) is 1.24. The van der Waals surface area contributed by atoms with Gasteiger partial charge in [0.25, 0.3) is 6.43 Å². The van der Waals surface area contributed by atoms with Gasteiger partial charge >= 0.3 is 5.97 Å². The second-order valence-electron chi connectivity index (χ2n) is 2.32. The second-order valence-corrected chi connectivity index (χ2v) is 2.32. The molecule has 0 aliphatic rings. The molecule has 80 valence electrons. The number of rotatable bonds is 5. The molecule has 0 aromatic heterocycles. The van der Waals surface area contributed by atoms with Crippen molar-refractivity contribution in [3.63, 3.8) is 0 Å². The highest BCUT2D eigenvalue weighted by Crippen LogP contribution is 2.03. The maximum absolute atomic E-state index is 12.2. The van der Waals surface area contributed by atoms with Crippen molar-refractivity contribution in [3.05, 3.63) is 0 Å². The van der Waals surface area contributed by atoms with Crippen LogP contribution in [0, 0.1) is 0 Å². The number of alkyl halides is 2. The van der Waals surface area contributed by atoms with Gasteiger partial charge in [-0.2, -0.15) is 5.10 Å². The van der Waals surface area contributed by atoms with Gasteiger partial charge in [0, 0.05) is 7.05 Å². The van der Waals surface area contributed by atoms with E-state index in [1.807, 2.05) is 0 Å². The molecule has 0 radical (unpaired) electrons. The highest BCUT2D eigenvalue weighted by Gasteiger charge is 2.18. The van der Waals surface area contributed by atoms with Crippen molar-refractivity contribution in [2.75, 3.05) is 14.2 Å². The van der Waals surface area contributed by atoms with Gasteiger partial charge in [0.1, 0.15) is 5.71 Å². The first-order valence-electron chi connectivity index (χ1n) is 3.61. The number of carbonyl (C=O) groups is 2. The van der Waals surface area contributed by atoms with E-state index in [4.69, 9.17) is 0 Å². The zero-order valence-corrected chi connectivity index (χ0v) is 7.74. The van der Waals surface area contributed by atoms with Crippen LogP contribution in [0.3, 0.4) is 0 Å². The lowest BCUT2D eigenvalue weighted by Crippen LogP contribution is -2.21. The van der Waals surface area contributed by atoms with Crippen molar-refractivity contribution in [1.82, 2.24) is 5.01 Å². The van der Waals surface area contributed by atoms with Crippen LogP contribution in [0.25, 0.3) is 0 Å². The average molecular weight is 208 g/mol. The van der Waals surface area contributed by atoms with Crippen LogP contribution in [0.15, 0.2) is 5.10 Å². The summed E-state index contributed by atoms with van der Waals surface area (Å²) in [4.78, 5) is 20.7. The number of nitrogens with zero attached hydrogens (tertiary/aromatic N) is 2. The predicted molar refractivity (Wildman–Crippen MR) is 43.9 cm³/mol. The van der Waals surface area contributed by atoms with Crippen LogP contribution in [0.1, 0.15) is 6.42 Å². The molecule has 0 saturated heterocycles. The van der Waals surface area contributed by atoms with Crippen LogP contribution in [0.4, 0.5) is 8.78 Å². The summed E-state index contributed by atoms with van der Waals surface area (Å²) in [5.41, 5.74) is -0.702. The zero-order valence-electron chi connectivity index (χ0n) is 7.74. The Labute approximate surface area is 79.3 Å². The minimum Gasteiger partial charge on any atom is -0.469 e. The molecule has 14 heavy (non-hydrogen) atoms. The number of carbonyl (C=O) groups excluding carboxylic acids is 2. The standard InChI is InChI=1S/C7H10F2N2O3/c1-11(4-12)10-5(7(8)9)3-6(13)14-2/h4,7H,3H2,1-2H3/b10-5+. The van der Waals surface area contributed by atoms with E-state index in [9.17, 15) is 18.4 Å². The van der Waals surface area contributed by atoms with Crippen LogP contribution in [-0.2, 0) is 14.3 Å². The fraction of sp³-hybridized carbons (Fsp3) is 0.571. The van der Waals surface area contributed by atoms with E-state index in [1.165, 1.54) is 7.05 Å². The van der Waals surface area contributed by atoms with Crippen molar-refractivity contribution in [3.8, 4) is 0 Å². The van der Waals surface area contributed by atoms with Crippen LogP contribution in [0.2, 0.25) is 0 Å². The highest BCUT2D eigenvalue weighted by molar-refractivity contribution is 6.00. The molecule has 0 aromatic carbocycles. The minimum absolute atomic E-state index is 0.250. The fourth-order valence-corrected chi connectivity index (χ4v) is 0.602. The molecule has 0 aromatic rings. The molecule has 0 unspecified atom stereocenters. The van der Waals surface area contributed by atoms with Crippen molar-refractivity contribution >= 4 is 18.1 Å². The lowest BCUT2D eigenvalue weighted by molar-refractivity contribution is -0.139. The number of hydrogen-bond donors (Lipinski definition) is 0. The minimum atomic E-state index is -2.89. The Hall–Kier alpha value is -1.53. The average Bonchev–Trinajstić information content (AvgIpc) is 2.16. The van der Waals surface area contributed by atoms with E-state index < -0.39 is 24.5 Å². The zero-order chi connectivity index (χ0) is 11.1. The molecule has 0 rings (SSSR count). The SMILES string of the molecule is COC(=O)C/C(=N\N(C)C=O)C(F)F. The summed E-state index contributed by atoms with van der Waals surface area (Å²) >= 11 is 0. The number of esters is 1. The fourth-order valence-electron chi connectivity index (χ4n) is 0.602. The van der Waals surface area contributed by atoms with Gasteiger partial charge in [0.05, 0.1) is 13.5 Å². The van der Waals surface area contributed by atoms with Crippen LogP contribution in [0.5, 0.6) is 0 Å². The van der Waals surface area contributed by atoms with E-state index in [2.05, 4.69) is 9.84 Å². The van der Waals surface area contributed by atoms with Gasteiger partial charge in [-0.1, -0.05) is 0 Å². The molecular weight excluding hydrogens is 198 g/mol. The molecular formula is C7H10F2N2O3. The Bertz CT molecular complexity index is 243. The largest absolute Gasteiger partial charge is 0.469 e. The molecule has 0 fully saturated rings. The molecule has 0 bridgehead atoms. The second kappa shape index (κ2) is 6.01. The van der Waals surface area contributed by atoms with E-state index in [1.54, 1.807) is 0 Å². The van der Waals surface area contributed by atoms with Crippen molar-refractivity contribution in [2.24, 2.45) is 5.10 Å². The van der Waals surface area contributed by atoms with Gasteiger partial charge in [0.15, 0.2) is 0 Å². The topological polar surface area (TPSA) is 59.0 Å². The van der Waals surface area contributed by atoms with Gasteiger partial charge in [-0.3, -0.25) is 9.59 Å². The molecule has 0 aliphatic carbocycles. The third-order valence-electron chi connectivity index (χ3n) is 1.24. The van der Waals surface area contributed by atoms with Gasteiger partial charge in [-0.25, -0.2) is 13.8 Å². The molecule has 0 aliphatic heterocycles. The van der Waals surface area contributed by atoms with Crippen LogP contribution < -0.4 is 0 Å². The first kappa shape index (κ1) is 12.5. The number of hydrogen-bond acceptors (Lipinski definition) is 4. The van der Waals surface area contributed by atoms with E-state index in [-0.39, 0.29) is 6.41 Å². The molecule has 0 spiro atoms. The quantitative estimate of drug-likeness (QED) is 0.282. The van der Waals surface area contributed by atoms with Gasteiger partial charge in [-0.15, -0.1) is 0 Å². The summed E-state index contributed by atoms with van der Waals surface area (Å²) in [5, 5.41) is 3.87. The molecule has 1 amide bonds. The predicted octanol–water partition coefficient (Wildman–Crippen LogP) is 0.259. The lowest BCUT2D eigenvalue weighted by Gasteiger charge is -2.07. The van der Waals surface area contributed by atoms with Gasteiger partial charge < -0.3 is 4.74 Å². The Morgan fingerprint density at radius 2 is 2.21 bits per heavy atom. The molecule has 0 heterocycles. The van der Waals surface area contributed by atoms with E-state index >= 15 is 0 Å². The van der Waals surface area contributed by atoms with Crippen LogP contribution in [-0.4, -0.2) is 43.7 Å². The molecule has 7 heteroatoms. The number of methoxy groups -OCH3 is 1. The molecule has 0 atom stereocenters. The van der Waals surface area contributed by atoms with Crippen molar-refractivity contribution in [1.29, 1.82) is 0 Å². The first-order chi connectivity index (χ1) is 6.51. The Morgan fingerprint density at radius 3 is 2.57 bits per heavy atom. The monoisotopic (exact) mass is 208 g/mol. The normalized spacial score (nSPS) is 11.4. The summed E-state index contributed by atoms with van der Waals surface area (Å²) in [5.74, 6) is -0.830. The maximum Gasteiger partial charge on any atom is 0.311 e. The van der Waals surface area contributed by atoms with Crippen molar-refractivity contribution < 1.29 is 23.1 Å². The number of amides is 1. The highest BCUT2D eigenvalue weighted by atomic mass is 19.3. The van der Waals surface area contributed by atoms with Crippen molar-refractivity contribution in [2.45, 2.75) is 12.8 Å². The number of halogens is 2. The Kier molecular flexibility index (Phi) is 5.35. The van der Waals surface area contributed by atoms with E-state index in [0.717, 1.165) is 7.11 Å². The number of ether oxygens (including phenoxy) is 1. The van der Waals surface area contributed by atoms with Crippen LogP contribution >= 0.6 is 0 Å². The maximum atomic E-state index is 12.2. The first-order valence-corrected chi connectivity index (χ1v) is 3.61. The Morgan fingerprint density at radius 1 is 1.64 bits per heavy atom. The van der Waals surface area contributed by atoms with E-state index in [0.29, 0.717) is 5.01 Å². The Balaban J connectivity index is 4.51. The molecule has 0 N–H and O–H groups in total. The summed E-state index contributed by atoms with van der Waals surface area (Å²) in [7, 11) is 2.27. The smallest absolute Gasteiger partial charge is 0.311 e. The summed E-state index contributed by atoms with van der Waals surface area (Å²) in [6.07, 6.45) is -3.28. The van der Waals surface area contributed by atoms with Gasteiger partial charge in [0.2, 0.25) is 6.41 Å². The molecule has 0 saturated carbocycles. The molecule has 5 nitrogen and oxygen atoms in total. The lowest BCUT2D eigenvalue weighted by atomic mass is 10.3. The summed E-state index contributed by atoms with van der Waals surface area (Å²) < 4.78 is 28.6. The third kappa shape index (κ3) is 4.48. The summed E-state index contributed by atoms with van der Waals surface area (Å²) in [6, 6.07) is 0. The van der Waals surface area contributed by atoms with Gasteiger partial charge in [-0.05, 0) is 0 Å².